The van der Waals surface area contributed by atoms with Gasteiger partial charge in [-0.1, -0.05) is 5.16 Å². The summed E-state index contributed by atoms with van der Waals surface area (Å²) in [5, 5.41) is 13.6. The summed E-state index contributed by atoms with van der Waals surface area (Å²) in [7, 11) is 4.70. The molecule has 0 aliphatic heterocycles. The van der Waals surface area contributed by atoms with Crippen LogP contribution in [0, 0.1) is 0 Å². The van der Waals surface area contributed by atoms with E-state index in [2.05, 4.69) is 15.1 Å². The van der Waals surface area contributed by atoms with Crippen molar-refractivity contribution in [2.75, 3.05) is 39.4 Å². The van der Waals surface area contributed by atoms with Crippen LogP contribution < -0.4 is 14.4 Å². The molecule has 1 N–H and O–H groups in total. The Morgan fingerprint density at radius 2 is 1.72 bits per heavy atom. The summed E-state index contributed by atoms with van der Waals surface area (Å²) in [6.07, 6.45) is 1.66. The van der Waals surface area contributed by atoms with Gasteiger partial charge in [0.05, 0.1) is 38.1 Å². The van der Waals surface area contributed by atoms with Gasteiger partial charge in [-0.15, -0.1) is 0 Å². The minimum Gasteiger partial charge on any atom is -0.497 e. The Labute approximate surface area is 169 Å². The van der Waals surface area contributed by atoms with Crippen LogP contribution in [0.2, 0.25) is 0 Å². The molecule has 3 rings (SSSR count). The van der Waals surface area contributed by atoms with Crippen LogP contribution in [-0.4, -0.2) is 55.3 Å². The Morgan fingerprint density at radius 3 is 2.34 bits per heavy atom. The summed E-state index contributed by atoms with van der Waals surface area (Å²) in [5.74, 6) is 1.33. The summed E-state index contributed by atoms with van der Waals surface area (Å²) in [5.41, 5.74) is 4.43. The van der Waals surface area contributed by atoms with Gasteiger partial charge in [-0.25, -0.2) is 4.98 Å². The first-order valence-corrected chi connectivity index (χ1v) is 9.06. The third-order valence-corrected chi connectivity index (χ3v) is 4.41. The molecular formula is C21H24N4O4. The van der Waals surface area contributed by atoms with E-state index in [4.69, 9.17) is 14.3 Å². The molecule has 0 saturated carbocycles. The SMILES string of the molecule is CO/N=C(\C)c1cnc2ccc(N(CCO)c3cc(OC)cc(OC)c3)cc2n1. The molecule has 2 aromatic carbocycles. The molecule has 0 radical (unpaired) electrons. The fourth-order valence-corrected chi connectivity index (χ4v) is 2.98. The third kappa shape index (κ3) is 4.55. The zero-order valence-corrected chi connectivity index (χ0v) is 16.9. The lowest BCUT2D eigenvalue weighted by atomic mass is 10.2. The quantitative estimate of drug-likeness (QED) is 0.462. The Hall–Kier alpha value is -3.39. The van der Waals surface area contributed by atoms with E-state index in [1.807, 2.05) is 42.2 Å². The highest BCUT2D eigenvalue weighted by molar-refractivity contribution is 5.97. The van der Waals surface area contributed by atoms with Gasteiger partial charge in [0.2, 0.25) is 0 Å². The maximum Gasteiger partial charge on any atom is 0.124 e. The van der Waals surface area contributed by atoms with E-state index in [1.165, 1.54) is 7.11 Å². The number of aliphatic hydroxyl groups excluding tert-OH is 1. The number of fused-ring (bicyclic) bond motifs is 1. The monoisotopic (exact) mass is 396 g/mol. The topological polar surface area (TPSA) is 89.3 Å². The summed E-state index contributed by atoms with van der Waals surface area (Å²) < 4.78 is 10.8. The Bertz CT molecular complexity index is 1000. The molecule has 8 nitrogen and oxygen atoms in total. The number of aromatic nitrogens is 2. The van der Waals surface area contributed by atoms with Gasteiger partial charge in [0.1, 0.15) is 30.0 Å². The highest BCUT2D eigenvalue weighted by atomic mass is 16.6. The lowest BCUT2D eigenvalue weighted by molar-refractivity contribution is 0.213. The highest BCUT2D eigenvalue weighted by Gasteiger charge is 2.14. The molecule has 0 atom stereocenters. The Morgan fingerprint density at radius 1 is 1.00 bits per heavy atom. The Balaban J connectivity index is 2.08. The molecule has 152 valence electrons. The van der Waals surface area contributed by atoms with Gasteiger partial charge in [-0.2, -0.15) is 0 Å². The molecule has 0 unspecified atom stereocenters. The van der Waals surface area contributed by atoms with Crippen molar-refractivity contribution in [1.82, 2.24) is 9.97 Å². The van der Waals surface area contributed by atoms with E-state index in [9.17, 15) is 5.11 Å². The van der Waals surface area contributed by atoms with Crippen molar-refractivity contribution in [3.05, 3.63) is 48.3 Å². The van der Waals surface area contributed by atoms with Crippen LogP contribution in [-0.2, 0) is 4.84 Å². The fourth-order valence-electron chi connectivity index (χ4n) is 2.98. The lowest BCUT2D eigenvalue weighted by Gasteiger charge is -2.25. The van der Waals surface area contributed by atoms with E-state index >= 15 is 0 Å². The molecule has 1 aromatic heterocycles. The van der Waals surface area contributed by atoms with Crippen LogP contribution >= 0.6 is 0 Å². The number of nitrogens with zero attached hydrogens (tertiary/aromatic N) is 4. The van der Waals surface area contributed by atoms with Gasteiger partial charge in [-0.05, 0) is 25.1 Å². The molecule has 0 aliphatic rings. The van der Waals surface area contributed by atoms with Crippen molar-refractivity contribution < 1.29 is 19.4 Å². The van der Waals surface area contributed by atoms with Crippen molar-refractivity contribution in [2.24, 2.45) is 5.16 Å². The van der Waals surface area contributed by atoms with Gasteiger partial charge < -0.3 is 24.3 Å². The first kappa shape index (κ1) is 20.3. The molecule has 8 heteroatoms. The van der Waals surface area contributed by atoms with E-state index in [-0.39, 0.29) is 6.61 Å². The molecule has 0 bridgehead atoms. The molecule has 0 amide bonds. The predicted molar refractivity (Wildman–Crippen MR) is 112 cm³/mol. The average molecular weight is 396 g/mol. The van der Waals surface area contributed by atoms with E-state index in [0.717, 1.165) is 16.9 Å². The van der Waals surface area contributed by atoms with E-state index in [0.29, 0.717) is 35.0 Å². The standard InChI is InChI=1S/C21H24N4O4/c1-14(24-29-4)21-13-22-19-6-5-15(11-20(19)23-21)25(7-8-26)16-9-17(27-2)12-18(10-16)28-3/h5-6,9-13,26H,7-8H2,1-4H3/b24-14+. The van der Waals surface area contributed by atoms with Crippen LogP contribution in [0.1, 0.15) is 12.6 Å². The smallest absolute Gasteiger partial charge is 0.124 e. The van der Waals surface area contributed by atoms with Crippen molar-refractivity contribution >= 4 is 28.1 Å². The number of ether oxygens (including phenoxy) is 2. The second-order valence-corrected chi connectivity index (χ2v) is 6.23. The lowest BCUT2D eigenvalue weighted by Crippen LogP contribution is -2.21. The molecule has 0 spiro atoms. The summed E-state index contributed by atoms with van der Waals surface area (Å²) in [6.45, 7) is 2.17. The molecule has 1 heterocycles. The minimum absolute atomic E-state index is 0.0249. The van der Waals surface area contributed by atoms with Gasteiger partial charge >= 0.3 is 0 Å². The second-order valence-electron chi connectivity index (χ2n) is 6.23. The van der Waals surface area contributed by atoms with Crippen LogP contribution in [0.15, 0.2) is 47.8 Å². The number of rotatable bonds is 8. The fraction of sp³-hybridized carbons (Fsp3) is 0.286. The third-order valence-electron chi connectivity index (χ3n) is 4.41. The van der Waals surface area contributed by atoms with Crippen molar-refractivity contribution in [3.8, 4) is 11.5 Å². The van der Waals surface area contributed by atoms with Crippen molar-refractivity contribution in [2.45, 2.75) is 6.92 Å². The van der Waals surface area contributed by atoms with Gasteiger partial charge in [0.25, 0.3) is 0 Å². The number of hydrogen-bond donors (Lipinski definition) is 1. The molecule has 0 aliphatic carbocycles. The van der Waals surface area contributed by atoms with Crippen LogP contribution in [0.25, 0.3) is 11.0 Å². The van der Waals surface area contributed by atoms with Gasteiger partial charge in [0, 0.05) is 36.1 Å². The van der Waals surface area contributed by atoms with E-state index in [1.54, 1.807) is 26.5 Å². The maximum atomic E-state index is 9.64. The largest absolute Gasteiger partial charge is 0.497 e. The molecule has 0 fully saturated rings. The zero-order valence-electron chi connectivity index (χ0n) is 16.9. The summed E-state index contributed by atoms with van der Waals surface area (Å²) in [6, 6.07) is 11.3. The summed E-state index contributed by atoms with van der Waals surface area (Å²) in [4.78, 5) is 15.9. The number of anilines is 2. The van der Waals surface area contributed by atoms with Gasteiger partial charge in [0.15, 0.2) is 0 Å². The molecule has 29 heavy (non-hydrogen) atoms. The number of aliphatic hydroxyl groups is 1. The number of methoxy groups -OCH3 is 2. The Kier molecular flexibility index (Phi) is 6.46. The normalized spacial score (nSPS) is 11.4. The van der Waals surface area contributed by atoms with Crippen molar-refractivity contribution in [1.29, 1.82) is 0 Å². The highest BCUT2D eigenvalue weighted by Crippen LogP contribution is 2.33. The van der Waals surface area contributed by atoms with Crippen LogP contribution in [0.4, 0.5) is 11.4 Å². The predicted octanol–water partition coefficient (Wildman–Crippen LogP) is 3.15. The zero-order chi connectivity index (χ0) is 20.8. The maximum absolute atomic E-state index is 9.64. The first-order chi connectivity index (χ1) is 14.1. The molecular weight excluding hydrogens is 372 g/mol. The summed E-state index contributed by atoms with van der Waals surface area (Å²) >= 11 is 0. The minimum atomic E-state index is -0.0249. The number of oxime groups is 1. The number of benzene rings is 2. The molecule has 3 aromatic rings. The van der Waals surface area contributed by atoms with Crippen LogP contribution in [0.5, 0.6) is 11.5 Å². The first-order valence-electron chi connectivity index (χ1n) is 9.06. The second kappa shape index (κ2) is 9.20. The number of hydrogen-bond acceptors (Lipinski definition) is 8. The van der Waals surface area contributed by atoms with Crippen molar-refractivity contribution in [3.63, 3.8) is 0 Å². The van der Waals surface area contributed by atoms with Crippen LogP contribution in [0.3, 0.4) is 0 Å². The molecule has 0 saturated heterocycles. The van der Waals surface area contributed by atoms with E-state index < -0.39 is 0 Å². The average Bonchev–Trinajstić information content (AvgIpc) is 2.76. The van der Waals surface area contributed by atoms with Gasteiger partial charge in [-0.3, -0.25) is 4.98 Å².